The highest BCUT2D eigenvalue weighted by molar-refractivity contribution is 5.83. The van der Waals surface area contributed by atoms with Gasteiger partial charge in [0, 0.05) is 40.0 Å². The molecule has 1 atom stereocenters. The maximum Gasteiger partial charge on any atom is 0.223 e. The van der Waals surface area contributed by atoms with Gasteiger partial charge in [0.05, 0.1) is 0 Å². The molecule has 1 saturated heterocycles. The van der Waals surface area contributed by atoms with E-state index >= 15 is 0 Å². The summed E-state index contributed by atoms with van der Waals surface area (Å²) < 4.78 is 13.3. The van der Waals surface area contributed by atoms with Crippen LogP contribution in [0, 0.1) is 18.7 Å². The van der Waals surface area contributed by atoms with E-state index in [0.717, 1.165) is 31.5 Å². The van der Waals surface area contributed by atoms with Crippen molar-refractivity contribution < 1.29 is 14.0 Å². The number of carbonyl (C=O) groups is 2. The molecule has 1 heterocycles. The SMILES string of the molecule is Cc1cc(CC2CCN(C(=O)CCC(=O)N(C)C)C2)ccc1F. The molecule has 1 aromatic rings. The van der Waals surface area contributed by atoms with E-state index in [1.165, 1.54) is 11.0 Å². The largest absolute Gasteiger partial charge is 0.349 e. The minimum atomic E-state index is -0.178. The Morgan fingerprint density at radius 2 is 2.04 bits per heavy atom. The van der Waals surface area contributed by atoms with Crippen LogP contribution in [0.25, 0.3) is 0 Å². The van der Waals surface area contributed by atoms with E-state index in [1.54, 1.807) is 21.0 Å². The van der Waals surface area contributed by atoms with Gasteiger partial charge in [0.2, 0.25) is 11.8 Å². The molecule has 0 aromatic heterocycles. The number of rotatable bonds is 5. The lowest BCUT2D eigenvalue weighted by Crippen LogP contribution is -2.30. The average Bonchev–Trinajstić information content (AvgIpc) is 2.96. The van der Waals surface area contributed by atoms with Crippen molar-refractivity contribution in [2.24, 2.45) is 5.92 Å². The fraction of sp³-hybridized carbons (Fsp3) is 0.556. The quantitative estimate of drug-likeness (QED) is 0.836. The predicted octanol–water partition coefficient (Wildman–Crippen LogP) is 2.39. The van der Waals surface area contributed by atoms with E-state index in [2.05, 4.69) is 0 Å². The van der Waals surface area contributed by atoms with Gasteiger partial charge in [-0.15, -0.1) is 0 Å². The first kappa shape index (κ1) is 17.4. The fourth-order valence-electron chi connectivity index (χ4n) is 2.99. The molecule has 1 aliphatic heterocycles. The van der Waals surface area contributed by atoms with Crippen molar-refractivity contribution >= 4 is 11.8 Å². The van der Waals surface area contributed by atoms with Crippen LogP contribution in [0.3, 0.4) is 0 Å². The van der Waals surface area contributed by atoms with E-state index in [9.17, 15) is 14.0 Å². The van der Waals surface area contributed by atoms with Crippen molar-refractivity contribution in [3.63, 3.8) is 0 Å². The normalized spacial score (nSPS) is 17.4. The molecular weight excluding hydrogens is 295 g/mol. The second-order valence-corrected chi connectivity index (χ2v) is 6.57. The summed E-state index contributed by atoms with van der Waals surface area (Å²) in [6.45, 7) is 3.25. The molecular formula is C18H25FN2O2. The summed E-state index contributed by atoms with van der Waals surface area (Å²) in [5, 5.41) is 0. The van der Waals surface area contributed by atoms with Crippen LogP contribution >= 0.6 is 0 Å². The Hall–Kier alpha value is -1.91. The molecule has 0 bridgehead atoms. The highest BCUT2D eigenvalue weighted by atomic mass is 19.1. The Morgan fingerprint density at radius 1 is 1.30 bits per heavy atom. The first-order chi connectivity index (χ1) is 10.9. The molecule has 126 valence electrons. The molecule has 1 aromatic carbocycles. The number of benzene rings is 1. The maximum absolute atomic E-state index is 13.3. The summed E-state index contributed by atoms with van der Waals surface area (Å²) in [6.07, 6.45) is 2.37. The maximum atomic E-state index is 13.3. The van der Waals surface area contributed by atoms with Gasteiger partial charge in [0.1, 0.15) is 5.82 Å². The number of nitrogens with zero attached hydrogens (tertiary/aromatic N) is 2. The summed E-state index contributed by atoms with van der Waals surface area (Å²) in [7, 11) is 3.40. The Bertz CT molecular complexity index is 586. The van der Waals surface area contributed by atoms with Gasteiger partial charge in [-0.2, -0.15) is 0 Å². The Kier molecular flexibility index (Phi) is 5.74. The van der Waals surface area contributed by atoms with Gasteiger partial charge in [0.15, 0.2) is 0 Å². The lowest BCUT2D eigenvalue weighted by atomic mass is 9.97. The molecule has 1 unspecified atom stereocenters. The van der Waals surface area contributed by atoms with E-state index < -0.39 is 0 Å². The van der Waals surface area contributed by atoms with Crippen LogP contribution < -0.4 is 0 Å². The monoisotopic (exact) mass is 320 g/mol. The van der Waals surface area contributed by atoms with Gasteiger partial charge in [0.25, 0.3) is 0 Å². The summed E-state index contributed by atoms with van der Waals surface area (Å²) in [6, 6.07) is 5.22. The number of hydrogen-bond acceptors (Lipinski definition) is 2. The summed E-state index contributed by atoms with van der Waals surface area (Å²) in [4.78, 5) is 27.1. The molecule has 0 radical (unpaired) electrons. The third-order valence-corrected chi connectivity index (χ3v) is 4.44. The first-order valence-electron chi connectivity index (χ1n) is 8.09. The van der Waals surface area contributed by atoms with Crippen LogP contribution in [0.15, 0.2) is 18.2 Å². The van der Waals surface area contributed by atoms with E-state index in [1.807, 2.05) is 17.0 Å². The van der Waals surface area contributed by atoms with Crippen molar-refractivity contribution in [1.82, 2.24) is 9.80 Å². The molecule has 2 rings (SSSR count). The highest BCUT2D eigenvalue weighted by Crippen LogP contribution is 2.22. The van der Waals surface area contributed by atoms with Gasteiger partial charge in [-0.25, -0.2) is 4.39 Å². The fourth-order valence-corrected chi connectivity index (χ4v) is 2.99. The number of halogens is 1. The molecule has 0 aliphatic carbocycles. The Labute approximate surface area is 137 Å². The van der Waals surface area contributed by atoms with Gasteiger partial charge in [-0.3, -0.25) is 9.59 Å². The predicted molar refractivity (Wildman–Crippen MR) is 87.5 cm³/mol. The van der Waals surface area contributed by atoms with Crippen LogP contribution in [0.5, 0.6) is 0 Å². The number of amides is 2. The van der Waals surface area contributed by atoms with Gasteiger partial charge < -0.3 is 9.80 Å². The minimum absolute atomic E-state index is 0.0177. The lowest BCUT2D eigenvalue weighted by molar-refractivity contribution is -0.135. The van der Waals surface area contributed by atoms with E-state index in [-0.39, 0.29) is 30.5 Å². The number of likely N-dealkylation sites (tertiary alicyclic amines) is 1. The van der Waals surface area contributed by atoms with E-state index in [4.69, 9.17) is 0 Å². The van der Waals surface area contributed by atoms with Crippen LogP contribution in [0.1, 0.15) is 30.4 Å². The zero-order chi connectivity index (χ0) is 17.0. The molecule has 1 fully saturated rings. The average molecular weight is 320 g/mol. The first-order valence-corrected chi connectivity index (χ1v) is 8.09. The van der Waals surface area contributed by atoms with Crippen molar-refractivity contribution in [3.05, 3.63) is 35.1 Å². The molecule has 23 heavy (non-hydrogen) atoms. The molecule has 5 heteroatoms. The highest BCUT2D eigenvalue weighted by Gasteiger charge is 2.26. The summed E-state index contributed by atoms with van der Waals surface area (Å²) in [5.74, 6) is 0.268. The van der Waals surface area contributed by atoms with Gasteiger partial charge in [-0.05, 0) is 42.9 Å². The van der Waals surface area contributed by atoms with Crippen molar-refractivity contribution in [3.8, 4) is 0 Å². The van der Waals surface area contributed by atoms with Crippen molar-refractivity contribution in [2.75, 3.05) is 27.2 Å². The van der Waals surface area contributed by atoms with Crippen LogP contribution in [0.4, 0.5) is 4.39 Å². The molecule has 0 spiro atoms. The van der Waals surface area contributed by atoms with Crippen molar-refractivity contribution in [2.45, 2.75) is 32.6 Å². The third kappa shape index (κ3) is 4.78. The summed E-state index contributed by atoms with van der Waals surface area (Å²) in [5.41, 5.74) is 1.78. The number of aryl methyl sites for hydroxylation is 1. The zero-order valence-corrected chi connectivity index (χ0v) is 14.1. The van der Waals surface area contributed by atoms with E-state index in [0.29, 0.717) is 11.5 Å². The van der Waals surface area contributed by atoms with Crippen LogP contribution in [-0.2, 0) is 16.0 Å². The molecule has 0 N–H and O–H groups in total. The second-order valence-electron chi connectivity index (χ2n) is 6.57. The third-order valence-electron chi connectivity index (χ3n) is 4.44. The Balaban J connectivity index is 1.82. The second kappa shape index (κ2) is 7.57. The molecule has 2 amide bonds. The molecule has 0 saturated carbocycles. The van der Waals surface area contributed by atoms with Crippen molar-refractivity contribution in [1.29, 1.82) is 0 Å². The van der Waals surface area contributed by atoms with Gasteiger partial charge in [-0.1, -0.05) is 12.1 Å². The van der Waals surface area contributed by atoms with Gasteiger partial charge >= 0.3 is 0 Å². The molecule has 4 nitrogen and oxygen atoms in total. The minimum Gasteiger partial charge on any atom is -0.349 e. The topological polar surface area (TPSA) is 40.6 Å². The standard InChI is InChI=1S/C18H25FN2O2/c1-13-10-14(4-5-16(13)19)11-15-8-9-21(12-15)18(23)7-6-17(22)20(2)3/h4-5,10,15H,6-9,11-12H2,1-3H3. The Morgan fingerprint density at radius 3 is 2.70 bits per heavy atom. The summed E-state index contributed by atoms with van der Waals surface area (Å²) >= 11 is 0. The van der Waals surface area contributed by atoms with Crippen LogP contribution in [-0.4, -0.2) is 48.8 Å². The zero-order valence-electron chi connectivity index (χ0n) is 14.1. The smallest absolute Gasteiger partial charge is 0.223 e. The number of carbonyl (C=O) groups excluding carboxylic acids is 2. The lowest BCUT2D eigenvalue weighted by Gasteiger charge is -2.17. The van der Waals surface area contributed by atoms with Crippen LogP contribution in [0.2, 0.25) is 0 Å². The number of hydrogen-bond donors (Lipinski definition) is 0. The molecule has 1 aliphatic rings.